The number of carboxylic acids is 1. The highest BCUT2D eigenvalue weighted by Gasteiger charge is 2.29. The first-order chi connectivity index (χ1) is 11.5. The van der Waals surface area contributed by atoms with E-state index in [0.717, 1.165) is 30.5 Å². The molecule has 1 heterocycles. The van der Waals surface area contributed by atoms with Gasteiger partial charge in [-0.25, -0.2) is 13.9 Å². The summed E-state index contributed by atoms with van der Waals surface area (Å²) in [5, 5.41) is 16.0. The molecular formula is C17H18FN3O3. The Kier molecular flexibility index (Phi) is 4.33. The van der Waals surface area contributed by atoms with E-state index >= 15 is 0 Å². The van der Waals surface area contributed by atoms with Gasteiger partial charge in [0.05, 0.1) is 5.69 Å². The first-order valence-corrected chi connectivity index (χ1v) is 7.91. The molecular weight excluding hydrogens is 313 g/mol. The summed E-state index contributed by atoms with van der Waals surface area (Å²) in [5.74, 6) is -1.89. The molecule has 2 N–H and O–H groups in total. The van der Waals surface area contributed by atoms with Gasteiger partial charge in [-0.2, -0.15) is 5.10 Å². The summed E-state index contributed by atoms with van der Waals surface area (Å²) >= 11 is 0. The average Bonchev–Trinajstić information content (AvgIpc) is 3.15. The van der Waals surface area contributed by atoms with Gasteiger partial charge in [-0.1, -0.05) is 6.92 Å². The van der Waals surface area contributed by atoms with E-state index in [0.29, 0.717) is 12.1 Å². The Morgan fingerprint density at radius 2 is 2.04 bits per heavy atom. The molecule has 0 saturated heterocycles. The molecule has 0 radical (unpaired) electrons. The number of nitrogens with zero attached hydrogens (tertiary/aromatic N) is 2. The van der Waals surface area contributed by atoms with Crippen molar-refractivity contribution in [1.82, 2.24) is 15.1 Å². The van der Waals surface area contributed by atoms with Crippen molar-refractivity contribution in [3.8, 4) is 5.69 Å². The minimum absolute atomic E-state index is 0.256. The van der Waals surface area contributed by atoms with Crippen LogP contribution in [0.5, 0.6) is 0 Å². The Labute approximate surface area is 138 Å². The molecule has 1 aliphatic carbocycles. The van der Waals surface area contributed by atoms with Crippen LogP contribution in [0.15, 0.2) is 24.3 Å². The summed E-state index contributed by atoms with van der Waals surface area (Å²) in [5.41, 5.74) is 2.71. The van der Waals surface area contributed by atoms with Crippen molar-refractivity contribution >= 4 is 11.9 Å². The summed E-state index contributed by atoms with van der Waals surface area (Å²) in [6, 6.07) is 4.96. The van der Waals surface area contributed by atoms with Gasteiger partial charge in [0.2, 0.25) is 0 Å². The fraction of sp³-hybridized carbons (Fsp3) is 0.353. The van der Waals surface area contributed by atoms with Crippen molar-refractivity contribution in [3.63, 3.8) is 0 Å². The predicted molar refractivity (Wildman–Crippen MR) is 84.7 cm³/mol. The van der Waals surface area contributed by atoms with Crippen LogP contribution in [0, 0.1) is 5.82 Å². The second-order valence-corrected chi connectivity index (χ2v) is 5.79. The molecule has 0 saturated carbocycles. The second kappa shape index (κ2) is 6.43. The lowest BCUT2D eigenvalue weighted by atomic mass is 10.1. The largest absolute Gasteiger partial charge is 0.480 e. The molecule has 0 bridgehead atoms. The number of amides is 1. The van der Waals surface area contributed by atoms with Gasteiger partial charge < -0.3 is 10.4 Å². The Bertz CT molecular complexity index is 783. The summed E-state index contributed by atoms with van der Waals surface area (Å²) in [4.78, 5) is 23.6. The molecule has 0 aliphatic heterocycles. The van der Waals surface area contributed by atoms with Crippen LogP contribution in [0.4, 0.5) is 4.39 Å². The zero-order valence-electron chi connectivity index (χ0n) is 13.3. The van der Waals surface area contributed by atoms with Crippen molar-refractivity contribution in [2.75, 3.05) is 0 Å². The van der Waals surface area contributed by atoms with E-state index < -0.39 is 17.9 Å². The van der Waals surface area contributed by atoms with Crippen LogP contribution in [-0.4, -0.2) is 32.8 Å². The molecule has 3 rings (SSSR count). The number of nitrogens with one attached hydrogen (secondary N) is 1. The van der Waals surface area contributed by atoms with E-state index in [9.17, 15) is 14.0 Å². The van der Waals surface area contributed by atoms with Crippen LogP contribution in [-0.2, 0) is 17.6 Å². The normalized spacial score (nSPS) is 14.2. The minimum Gasteiger partial charge on any atom is -0.480 e. The lowest BCUT2D eigenvalue weighted by Crippen LogP contribution is -2.40. The maximum Gasteiger partial charge on any atom is 0.326 e. The van der Waals surface area contributed by atoms with Gasteiger partial charge in [0, 0.05) is 11.3 Å². The maximum atomic E-state index is 13.1. The number of aliphatic carboxylic acids is 1. The Balaban J connectivity index is 1.95. The molecule has 1 unspecified atom stereocenters. The van der Waals surface area contributed by atoms with Gasteiger partial charge in [0.15, 0.2) is 5.69 Å². The van der Waals surface area contributed by atoms with Crippen molar-refractivity contribution in [3.05, 3.63) is 47.0 Å². The van der Waals surface area contributed by atoms with Crippen LogP contribution in [0.2, 0.25) is 0 Å². The number of carbonyl (C=O) groups excluding carboxylic acids is 1. The number of hydrogen-bond acceptors (Lipinski definition) is 3. The van der Waals surface area contributed by atoms with E-state index in [2.05, 4.69) is 10.4 Å². The smallest absolute Gasteiger partial charge is 0.326 e. The number of hydrogen-bond donors (Lipinski definition) is 2. The highest BCUT2D eigenvalue weighted by atomic mass is 19.1. The summed E-state index contributed by atoms with van der Waals surface area (Å²) < 4.78 is 14.8. The lowest BCUT2D eigenvalue weighted by Gasteiger charge is -2.11. The van der Waals surface area contributed by atoms with E-state index in [1.807, 2.05) is 0 Å². The molecule has 126 valence electrons. The van der Waals surface area contributed by atoms with E-state index in [-0.39, 0.29) is 11.5 Å². The van der Waals surface area contributed by atoms with Gasteiger partial charge in [-0.15, -0.1) is 0 Å². The standard InChI is InChI=1S/C17H18FN3O3/c1-2-13(17(23)24)19-16(22)15-12-4-3-5-14(12)21(20-15)11-8-6-10(18)7-9-11/h6-9,13H,2-5H2,1H3,(H,19,22)(H,23,24). The zero-order valence-corrected chi connectivity index (χ0v) is 13.3. The number of fused-ring (bicyclic) bond motifs is 1. The molecule has 0 spiro atoms. The van der Waals surface area contributed by atoms with Gasteiger partial charge in [0.25, 0.3) is 5.91 Å². The third-order valence-corrected chi connectivity index (χ3v) is 4.23. The molecule has 1 amide bonds. The van der Waals surface area contributed by atoms with Gasteiger partial charge in [-0.3, -0.25) is 4.79 Å². The third kappa shape index (κ3) is 2.89. The molecule has 0 fully saturated rings. The quantitative estimate of drug-likeness (QED) is 0.879. The Morgan fingerprint density at radius 3 is 2.67 bits per heavy atom. The van der Waals surface area contributed by atoms with Crippen LogP contribution >= 0.6 is 0 Å². The van der Waals surface area contributed by atoms with Crippen LogP contribution in [0.25, 0.3) is 5.69 Å². The van der Waals surface area contributed by atoms with E-state index in [1.165, 1.54) is 12.1 Å². The van der Waals surface area contributed by atoms with Crippen molar-refractivity contribution < 1.29 is 19.1 Å². The molecule has 2 aromatic rings. The zero-order chi connectivity index (χ0) is 17.3. The third-order valence-electron chi connectivity index (χ3n) is 4.23. The number of halogens is 1. The van der Waals surface area contributed by atoms with Gasteiger partial charge >= 0.3 is 5.97 Å². The molecule has 1 atom stereocenters. The van der Waals surface area contributed by atoms with E-state index in [4.69, 9.17) is 5.11 Å². The molecule has 24 heavy (non-hydrogen) atoms. The molecule has 1 aromatic heterocycles. The van der Waals surface area contributed by atoms with Crippen molar-refractivity contribution in [1.29, 1.82) is 0 Å². The number of carboxylic acid groups (broad SMARTS) is 1. The number of rotatable bonds is 5. The minimum atomic E-state index is -1.07. The Hall–Kier alpha value is -2.70. The summed E-state index contributed by atoms with van der Waals surface area (Å²) in [6.45, 7) is 1.70. The number of benzene rings is 1. The van der Waals surface area contributed by atoms with Crippen molar-refractivity contribution in [2.45, 2.75) is 38.6 Å². The molecule has 7 heteroatoms. The SMILES string of the molecule is CCC(NC(=O)c1nn(-c2ccc(F)cc2)c2c1CCC2)C(=O)O. The highest BCUT2D eigenvalue weighted by Crippen LogP contribution is 2.28. The summed E-state index contributed by atoms with van der Waals surface area (Å²) in [6.07, 6.45) is 2.71. The monoisotopic (exact) mass is 331 g/mol. The maximum absolute atomic E-state index is 13.1. The fourth-order valence-electron chi connectivity index (χ4n) is 2.98. The highest BCUT2D eigenvalue weighted by molar-refractivity contribution is 5.96. The lowest BCUT2D eigenvalue weighted by molar-refractivity contribution is -0.139. The van der Waals surface area contributed by atoms with Crippen molar-refractivity contribution in [2.24, 2.45) is 0 Å². The molecule has 1 aromatic carbocycles. The second-order valence-electron chi connectivity index (χ2n) is 5.79. The average molecular weight is 331 g/mol. The molecule has 1 aliphatic rings. The Morgan fingerprint density at radius 1 is 1.33 bits per heavy atom. The van der Waals surface area contributed by atoms with Gasteiger partial charge in [-0.05, 0) is 49.9 Å². The first kappa shape index (κ1) is 16.2. The number of carbonyl (C=O) groups is 2. The van der Waals surface area contributed by atoms with Crippen LogP contribution < -0.4 is 5.32 Å². The van der Waals surface area contributed by atoms with Crippen LogP contribution in [0.3, 0.4) is 0 Å². The van der Waals surface area contributed by atoms with Gasteiger partial charge in [0.1, 0.15) is 11.9 Å². The number of aromatic nitrogens is 2. The molecule has 6 nitrogen and oxygen atoms in total. The summed E-state index contributed by atoms with van der Waals surface area (Å²) in [7, 11) is 0. The predicted octanol–water partition coefficient (Wildman–Crippen LogP) is 2.09. The van der Waals surface area contributed by atoms with E-state index in [1.54, 1.807) is 23.7 Å². The topological polar surface area (TPSA) is 84.2 Å². The fourth-order valence-corrected chi connectivity index (χ4v) is 2.98. The first-order valence-electron chi connectivity index (χ1n) is 7.91. The van der Waals surface area contributed by atoms with Crippen LogP contribution in [0.1, 0.15) is 41.5 Å².